The third-order valence-corrected chi connectivity index (χ3v) is 9.19. The van der Waals surface area contributed by atoms with E-state index in [1.165, 1.54) is 10.5 Å². The molecule has 0 radical (unpaired) electrons. The van der Waals surface area contributed by atoms with Gasteiger partial charge >= 0.3 is 0 Å². The van der Waals surface area contributed by atoms with Crippen molar-refractivity contribution in [2.45, 2.75) is 38.1 Å². The Morgan fingerprint density at radius 1 is 1.05 bits per heavy atom. The second-order valence-corrected chi connectivity index (χ2v) is 11.9. The van der Waals surface area contributed by atoms with Gasteiger partial charge in [0.15, 0.2) is 5.52 Å². The van der Waals surface area contributed by atoms with Crippen molar-refractivity contribution in [3.8, 4) is 5.88 Å². The highest BCUT2D eigenvalue weighted by Crippen LogP contribution is 2.25. The fraction of sp³-hybridized carbons (Fsp3) is 0.464. The molecule has 224 valence electrons. The Labute approximate surface area is 244 Å². The first kappa shape index (κ1) is 29.8. The number of aromatic nitrogens is 6. The van der Waals surface area contributed by atoms with Crippen LogP contribution in [-0.2, 0) is 34.1 Å². The van der Waals surface area contributed by atoms with Crippen LogP contribution in [0.1, 0.15) is 36.6 Å². The number of H-pyrrole nitrogens is 1. The Bertz CT molecular complexity index is 1680. The predicted molar refractivity (Wildman–Crippen MR) is 156 cm³/mol. The molecule has 1 fully saturated rings. The van der Waals surface area contributed by atoms with Crippen molar-refractivity contribution in [2.75, 3.05) is 53.0 Å². The van der Waals surface area contributed by atoms with Crippen LogP contribution in [0.3, 0.4) is 0 Å². The van der Waals surface area contributed by atoms with Crippen molar-refractivity contribution in [1.82, 2.24) is 38.9 Å². The molecule has 0 saturated carbocycles. The maximum atomic E-state index is 13.5. The second-order valence-electron chi connectivity index (χ2n) is 9.98. The van der Waals surface area contributed by atoms with Crippen LogP contribution in [0.25, 0.3) is 11.0 Å². The summed E-state index contributed by atoms with van der Waals surface area (Å²) in [6.45, 7) is 8.05. The fourth-order valence-corrected chi connectivity index (χ4v) is 6.45. The normalized spacial score (nSPS) is 14.9. The molecule has 0 bridgehead atoms. The summed E-state index contributed by atoms with van der Waals surface area (Å²) in [5.74, 6) is 0.607. The zero-order chi connectivity index (χ0) is 29.7. The first-order chi connectivity index (χ1) is 20.3. The molecule has 4 aromatic rings. The summed E-state index contributed by atoms with van der Waals surface area (Å²) in [7, 11) is -2.21. The molecule has 0 atom stereocenters. The molecule has 5 rings (SSSR count). The summed E-state index contributed by atoms with van der Waals surface area (Å²) in [6.07, 6.45) is 3.74. The van der Waals surface area contributed by atoms with E-state index < -0.39 is 10.0 Å². The Balaban J connectivity index is 1.49. The molecule has 0 unspecified atom stereocenters. The molecule has 1 N–H and O–H groups in total. The van der Waals surface area contributed by atoms with E-state index in [0.29, 0.717) is 62.7 Å². The van der Waals surface area contributed by atoms with Gasteiger partial charge in [0.25, 0.3) is 5.56 Å². The van der Waals surface area contributed by atoms with Crippen LogP contribution >= 0.6 is 0 Å². The Kier molecular flexibility index (Phi) is 9.26. The molecule has 4 aromatic heterocycles. The van der Waals surface area contributed by atoms with Crippen LogP contribution in [0.5, 0.6) is 5.88 Å². The quantitative estimate of drug-likeness (QED) is 0.238. The number of ether oxygens (including phenoxy) is 2. The number of rotatable bonds is 12. The Morgan fingerprint density at radius 3 is 2.55 bits per heavy atom. The highest BCUT2D eigenvalue weighted by molar-refractivity contribution is 7.89. The molecule has 14 heteroatoms. The third-order valence-electron chi connectivity index (χ3n) is 7.32. The first-order valence-electron chi connectivity index (χ1n) is 14.1. The van der Waals surface area contributed by atoms with Crippen LogP contribution < -0.4 is 10.3 Å². The first-order valence-corrected chi connectivity index (χ1v) is 15.5. The number of hydrogen-bond acceptors (Lipinski definition) is 10. The molecule has 0 spiro atoms. The Hall–Kier alpha value is -3.72. The lowest BCUT2D eigenvalue weighted by molar-refractivity contribution is 0.143. The number of aryl methyl sites for hydroxylation is 1. The zero-order valence-electron chi connectivity index (χ0n) is 24.1. The molecule has 0 aliphatic carbocycles. The summed E-state index contributed by atoms with van der Waals surface area (Å²) >= 11 is 0. The number of sulfonamides is 1. The van der Waals surface area contributed by atoms with Crippen LogP contribution in [0.15, 0.2) is 46.3 Å². The summed E-state index contributed by atoms with van der Waals surface area (Å²) in [4.78, 5) is 31.8. The number of fused-ring (bicyclic) bond motifs is 1. The van der Waals surface area contributed by atoms with Crippen molar-refractivity contribution in [2.24, 2.45) is 0 Å². The summed E-state index contributed by atoms with van der Waals surface area (Å²) < 4.78 is 41.3. The van der Waals surface area contributed by atoms with E-state index in [1.807, 2.05) is 25.1 Å². The molecular weight excluding hydrogens is 560 g/mol. The number of hydrogen-bond donors (Lipinski definition) is 1. The number of nitrogens with zero attached hydrogens (tertiary/aromatic N) is 7. The van der Waals surface area contributed by atoms with Crippen LogP contribution in [-0.4, -0.2) is 100 Å². The molecule has 1 aliphatic heterocycles. The van der Waals surface area contributed by atoms with Gasteiger partial charge in [0, 0.05) is 51.5 Å². The fourth-order valence-electron chi connectivity index (χ4n) is 5.03. The Morgan fingerprint density at radius 2 is 1.86 bits per heavy atom. The number of piperazine rings is 1. The van der Waals surface area contributed by atoms with E-state index in [-0.39, 0.29) is 34.9 Å². The molecule has 0 amide bonds. The SMILES string of the molecule is CCc1c2nc(Cc3cc(S(=O)(=O)N4CCN(CC)CC4)cnc3OCCOC)[nH]c(=O)c2nn1Cc1ccccn1. The molecule has 13 nitrogen and oxygen atoms in total. The lowest BCUT2D eigenvalue weighted by atomic mass is 10.2. The van der Waals surface area contributed by atoms with Crippen molar-refractivity contribution in [3.63, 3.8) is 0 Å². The molecule has 42 heavy (non-hydrogen) atoms. The van der Waals surface area contributed by atoms with Crippen molar-refractivity contribution >= 4 is 21.1 Å². The molecule has 5 heterocycles. The summed E-state index contributed by atoms with van der Waals surface area (Å²) in [5, 5.41) is 4.53. The standard InChI is InChI=1S/C28H36N8O5S/c1-4-23-25-26(33-36(23)19-21-8-6-7-9-29-21)27(37)32-24(31-25)17-20-16-22(18-30-28(20)41-15-14-40-3)42(38,39)35-12-10-34(5-2)11-13-35/h6-9,16,18H,4-5,10-15,17,19H2,1-3H3,(H,31,32,37). The van der Waals surface area contributed by atoms with Crippen molar-refractivity contribution in [1.29, 1.82) is 0 Å². The zero-order valence-corrected chi connectivity index (χ0v) is 24.9. The van der Waals surface area contributed by atoms with Gasteiger partial charge in [-0.2, -0.15) is 9.40 Å². The minimum Gasteiger partial charge on any atom is -0.475 e. The van der Waals surface area contributed by atoms with E-state index in [2.05, 4.69) is 31.9 Å². The van der Waals surface area contributed by atoms with Gasteiger partial charge in [0.2, 0.25) is 15.9 Å². The minimum absolute atomic E-state index is 0.0717. The topological polar surface area (TPSA) is 148 Å². The summed E-state index contributed by atoms with van der Waals surface area (Å²) in [6, 6.07) is 7.21. The lowest BCUT2D eigenvalue weighted by Gasteiger charge is -2.33. The maximum absolute atomic E-state index is 13.5. The van der Waals surface area contributed by atoms with Gasteiger partial charge in [-0.3, -0.25) is 14.5 Å². The number of methoxy groups -OCH3 is 1. The third kappa shape index (κ3) is 6.36. The monoisotopic (exact) mass is 596 g/mol. The highest BCUT2D eigenvalue weighted by Gasteiger charge is 2.29. The van der Waals surface area contributed by atoms with Gasteiger partial charge in [-0.15, -0.1) is 0 Å². The van der Waals surface area contributed by atoms with Gasteiger partial charge in [-0.1, -0.05) is 19.9 Å². The molecule has 1 aliphatic rings. The number of pyridine rings is 2. The van der Waals surface area contributed by atoms with E-state index in [1.54, 1.807) is 24.1 Å². The number of likely N-dealkylation sites (N-methyl/N-ethyl adjacent to an activating group) is 1. The van der Waals surface area contributed by atoms with E-state index in [4.69, 9.17) is 14.5 Å². The van der Waals surface area contributed by atoms with Gasteiger partial charge < -0.3 is 19.4 Å². The van der Waals surface area contributed by atoms with Crippen LogP contribution in [0.2, 0.25) is 0 Å². The number of aromatic amines is 1. The average Bonchev–Trinajstić information content (AvgIpc) is 3.35. The smallest absolute Gasteiger partial charge is 0.279 e. The van der Waals surface area contributed by atoms with Crippen LogP contribution in [0, 0.1) is 0 Å². The highest BCUT2D eigenvalue weighted by atomic mass is 32.2. The van der Waals surface area contributed by atoms with Crippen molar-refractivity contribution in [3.05, 3.63) is 69.8 Å². The van der Waals surface area contributed by atoms with Gasteiger partial charge in [0.05, 0.1) is 30.7 Å². The van der Waals surface area contributed by atoms with E-state index in [0.717, 1.165) is 17.9 Å². The molecule has 0 aromatic carbocycles. The largest absolute Gasteiger partial charge is 0.475 e. The second kappa shape index (κ2) is 13.1. The average molecular weight is 597 g/mol. The van der Waals surface area contributed by atoms with Gasteiger partial charge in [-0.25, -0.2) is 18.4 Å². The predicted octanol–water partition coefficient (Wildman–Crippen LogP) is 1.46. The van der Waals surface area contributed by atoms with E-state index >= 15 is 0 Å². The van der Waals surface area contributed by atoms with Crippen LogP contribution in [0.4, 0.5) is 0 Å². The number of nitrogens with one attached hydrogen (secondary N) is 1. The lowest BCUT2D eigenvalue weighted by Crippen LogP contribution is -2.48. The van der Waals surface area contributed by atoms with Gasteiger partial charge in [0.1, 0.15) is 22.8 Å². The van der Waals surface area contributed by atoms with Crippen molar-refractivity contribution < 1.29 is 17.9 Å². The molecular formula is C28H36N8O5S. The van der Waals surface area contributed by atoms with E-state index in [9.17, 15) is 13.2 Å². The molecule has 1 saturated heterocycles. The minimum atomic E-state index is -3.78. The maximum Gasteiger partial charge on any atom is 0.279 e. The van der Waals surface area contributed by atoms with Gasteiger partial charge in [-0.05, 0) is 31.2 Å². The summed E-state index contributed by atoms with van der Waals surface area (Å²) in [5.41, 5.74) is 2.47.